The molecule has 2 aromatic rings. The number of nitro groups is 1. The van der Waals surface area contributed by atoms with Crippen LogP contribution < -0.4 is 5.32 Å². The van der Waals surface area contributed by atoms with Crippen LogP contribution in [0.2, 0.25) is 0 Å². The van der Waals surface area contributed by atoms with E-state index >= 15 is 0 Å². The van der Waals surface area contributed by atoms with Gasteiger partial charge in [0, 0.05) is 37.8 Å². The van der Waals surface area contributed by atoms with Gasteiger partial charge in [-0.3, -0.25) is 10.1 Å². The van der Waals surface area contributed by atoms with E-state index in [0.29, 0.717) is 0 Å². The normalized spacial score (nSPS) is 23.2. The molecule has 146 valence electrons. The first-order valence-corrected chi connectivity index (χ1v) is 10.5. The number of sulfonamides is 1. The zero-order chi connectivity index (χ0) is 20.1. The number of anilines is 1. The molecule has 1 heterocycles. The Balaban J connectivity index is 1.73. The summed E-state index contributed by atoms with van der Waals surface area (Å²) in [5, 5.41) is 14.4. The predicted octanol–water partition coefficient (Wildman–Crippen LogP) is 3.67. The van der Waals surface area contributed by atoms with Crippen molar-refractivity contribution in [2.24, 2.45) is 5.92 Å². The minimum absolute atomic E-state index is 0.00427. The molecule has 0 saturated carbocycles. The van der Waals surface area contributed by atoms with Gasteiger partial charge in [-0.15, -0.1) is 0 Å². The first-order valence-electron chi connectivity index (χ1n) is 9.03. The molecule has 0 fully saturated rings. The van der Waals surface area contributed by atoms with Crippen LogP contribution in [0.25, 0.3) is 0 Å². The largest absolute Gasteiger partial charge is 0.378 e. The molecule has 2 aromatic carbocycles. The van der Waals surface area contributed by atoms with Gasteiger partial charge < -0.3 is 5.32 Å². The second-order valence-electron chi connectivity index (χ2n) is 7.36. The minimum Gasteiger partial charge on any atom is -0.378 e. The Hall–Kier alpha value is -2.71. The average molecular weight is 399 g/mol. The highest BCUT2D eigenvalue weighted by atomic mass is 32.2. The van der Waals surface area contributed by atoms with Gasteiger partial charge in [0.25, 0.3) is 5.69 Å². The number of hydrogen-bond acceptors (Lipinski definition) is 5. The van der Waals surface area contributed by atoms with Crippen LogP contribution in [0.5, 0.6) is 0 Å². The Morgan fingerprint density at radius 1 is 1.14 bits per heavy atom. The molecular formula is C20H21N3O4S. The van der Waals surface area contributed by atoms with Crippen molar-refractivity contribution in [3.63, 3.8) is 0 Å². The second kappa shape index (κ2) is 6.72. The molecule has 0 radical (unpaired) electrons. The fourth-order valence-corrected chi connectivity index (χ4v) is 5.01. The third kappa shape index (κ3) is 2.98. The first-order chi connectivity index (χ1) is 13.3. The summed E-state index contributed by atoms with van der Waals surface area (Å²) in [7, 11) is -0.453. The van der Waals surface area contributed by atoms with Crippen molar-refractivity contribution < 1.29 is 13.3 Å². The van der Waals surface area contributed by atoms with Crippen LogP contribution in [0.1, 0.15) is 29.5 Å². The van der Waals surface area contributed by atoms with Gasteiger partial charge >= 0.3 is 0 Å². The molecule has 8 heteroatoms. The molecule has 0 saturated heterocycles. The van der Waals surface area contributed by atoms with Crippen molar-refractivity contribution in [2.45, 2.75) is 23.3 Å². The monoisotopic (exact) mass is 399 g/mol. The van der Waals surface area contributed by atoms with Crippen molar-refractivity contribution in [1.82, 2.24) is 4.31 Å². The van der Waals surface area contributed by atoms with E-state index in [1.165, 1.54) is 30.5 Å². The van der Waals surface area contributed by atoms with Crippen LogP contribution in [-0.2, 0) is 10.0 Å². The molecule has 0 aromatic heterocycles. The predicted molar refractivity (Wildman–Crippen MR) is 107 cm³/mol. The summed E-state index contributed by atoms with van der Waals surface area (Å²) < 4.78 is 26.2. The summed E-state index contributed by atoms with van der Waals surface area (Å²) in [6, 6.07) is 11.8. The third-order valence-corrected chi connectivity index (χ3v) is 7.39. The smallest absolute Gasteiger partial charge is 0.269 e. The Kier molecular flexibility index (Phi) is 4.47. The van der Waals surface area contributed by atoms with E-state index < -0.39 is 14.9 Å². The van der Waals surface area contributed by atoms with Crippen LogP contribution >= 0.6 is 0 Å². The summed E-state index contributed by atoms with van der Waals surface area (Å²) in [5.74, 6) is 0.333. The van der Waals surface area contributed by atoms with E-state index in [1.807, 2.05) is 6.07 Å². The molecule has 0 spiro atoms. The van der Waals surface area contributed by atoms with Crippen LogP contribution in [0.15, 0.2) is 59.5 Å². The minimum atomic E-state index is -3.50. The highest BCUT2D eigenvalue weighted by molar-refractivity contribution is 7.89. The molecule has 1 N–H and O–H groups in total. The summed E-state index contributed by atoms with van der Waals surface area (Å²) in [5.41, 5.74) is 2.92. The number of non-ortho nitro benzene ring substituents is 1. The van der Waals surface area contributed by atoms with E-state index in [9.17, 15) is 18.5 Å². The number of hydrogen-bond donors (Lipinski definition) is 1. The van der Waals surface area contributed by atoms with Gasteiger partial charge in [0.15, 0.2) is 0 Å². The van der Waals surface area contributed by atoms with Gasteiger partial charge in [-0.05, 0) is 41.7 Å². The lowest BCUT2D eigenvalue weighted by molar-refractivity contribution is -0.384. The summed E-state index contributed by atoms with van der Waals surface area (Å²) in [4.78, 5) is 10.8. The van der Waals surface area contributed by atoms with E-state index in [-0.39, 0.29) is 28.5 Å². The standard InChI is InChI=1S/C20H21N3O4S/c1-22(2)28(26,27)15-10-11-19-18(12-15)16-4-3-5-17(16)20(21-19)13-6-8-14(9-7-13)23(24)25/h3-4,6-12,16-17,20-21H,5H2,1-2H3. The number of allylic oxidation sites excluding steroid dienone is 2. The Morgan fingerprint density at radius 2 is 1.86 bits per heavy atom. The lowest BCUT2D eigenvalue weighted by Gasteiger charge is -2.37. The molecule has 1 aliphatic carbocycles. The number of nitrogens with one attached hydrogen (secondary N) is 1. The summed E-state index contributed by atoms with van der Waals surface area (Å²) >= 11 is 0. The lowest BCUT2D eigenvalue weighted by atomic mass is 9.77. The topological polar surface area (TPSA) is 92.5 Å². The highest BCUT2D eigenvalue weighted by Crippen LogP contribution is 2.50. The van der Waals surface area contributed by atoms with Gasteiger partial charge in [0.2, 0.25) is 10.0 Å². The van der Waals surface area contributed by atoms with Gasteiger partial charge in [0.05, 0.1) is 15.9 Å². The Bertz CT molecular complexity index is 1060. The molecule has 0 bridgehead atoms. The number of fused-ring (bicyclic) bond motifs is 3. The van der Waals surface area contributed by atoms with Crippen molar-refractivity contribution in [3.05, 3.63) is 75.9 Å². The van der Waals surface area contributed by atoms with E-state index in [2.05, 4.69) is 17.5 Å². The molecule has 0 amide bonds. The maximum Gasteiger partial charge on any atom is 0.269 e. The van der Waals surface area contributed by atoms with Gasteiger partial charge in [-0.2, -0.15) is 0 Å². The maximum absolute atomic E-state index is 12.5. The fourth-order valence-electron chi connectivity index (χ4n) is 4.08. The molecule has 3 atom stereocenters. The summed E-state index contributed by atoms with van der Waals surface area (Å²) in [6.45, 7) is 0. The van der Waals surface area contributed by atoms with E-state index in [4.69, 9.17) is 0 Å². The van der Waals surface area contributed by atoms with E-state index in [1.54, 1.807) is 24.3 Å². The van der Waals surface area contributed by atoms with Gasteiger partial charge in [-0.25, -0.2) is 12.7 Å². The van der Waals surface area contributed by atoms with Gasteiger partial charge in [0.1, 0.15) is 0 Å². The number of rotatable bonds is 4. The lowest BCUT2D eigenvalue weighted by Crippen LogP contribution is -2.29. The SMILES string of the molecule is CN(C)S(=O)(=O)c1ccc2c(c1)C1C=CCC1C(c1ccc([N+](=O)[O-])cc1)N2. The molecular weight excluding hydrogens is 378 g/mol. The molecule has 2 aliphatic rings. The Morgan fingerprint density at radius 3 is 2.50 bits per heavy atom. The highest BCUT2D eigenvalue weighted by Gasteiger charge is 2.38. The molecule has 7 nitrogen and oxygen atoms in total. The Labute approximate surface area is 163 Å². The van der Waals surface area contributed by atoms with Crippen LogP contribution in [0.4, 0.5) is 11.4 Å². The van der Waals surface area contributed by atoms with Crippen LogP contribution in [-0.4, -0.2) is 31.7 Å². The first kappa shape index (κ1) is 18.6. The molecule has 3 unspecified atom stereocenters. The van der Waals surface area contributed by atoms with Crippen LogP contribution in [0, 0.1) is 16.0 Å². The number of benzene rings is 2. The quantitative estimate of drug-likeness (QED) is 0.481. The average Bonchev–Trinajstić information content (AvgIpc) is 3.17. The van der Waals surface area contributed by atoms with Gasteiger partial charge in [-0.1, -0.05) is 24.3 Å². The second-order valence-corrected chi connectivity index (χ2v) is 9.51. The third-order valence-electron chi connectivity index (χ3n) is 5.58. The molecule has 1 aliphatic heterocycles. The fraction of sp³-hybridized carbons (Fsp3) is 0.300. The summed E-state index contributed by atoms with van der Waals surface area (Å²) in [6.07, 6.45) is 5.12. The number of nitro benzene ring substituents is 1. The molecule has 28 heavy (non-hydrogen) atoms. The van der Waals surface area contributed by atoms with E-state index in [0.717, 1.165) is 23.2 Å². The van der Waals surface area contributed by atoms with Crippen molar-refractivity contribution in [2.75, 3.05) is 19.4 Å². The van der Waals surface area contributed by atoms with Crippen molar-refractivity contribution >= 4 is 21.4 Å². The maximum atomic E-state index is 12.5. The van der Waals surface area contributed by atoms with Crippen molar-refractivity contribution in [3.8, 4) is 0 Å². The van der Waals surface area contributed by atoms with Crippen molar-refractivity contribution in [1.29, 1.82) is 0 Å². The zero-order valence-electron chi connectivity index (χ0n) is 15.6. The molecule has 4 rings (SSSR count). The zero-order valence-corrected chi connectivity index (χ0v) is 16.4. The number of nitrogens with zero attached hydrogens (tertiary/aromatic N) is 2. The van der Waals surface area contributed by atoms with Crippen LogP contribution in [0.3, 0.4) is 0 Å².